The van der Waals surface area contributed by atoms with Crippen molar-refractivity contribution in [3.8, 4) is 22.5 Å². The van der Waals surface area contributed by atoms with Crippen LogP contribution in [0.15, 0.2) is 71.9 Å². The monoisotopic (exact) mass is 289 g/mol. The normalized spacial score (nSPS) is 11.4. The molecule has 22 heavy (non-hydrogen) atoms. The van der Waals surface area contributed by atoms with E-state index < -0.39 is 0 Å². The van der Waals surface area contributed by atoms with E-state index in [4.69, 9.17) is 5.21 Å². The smallest absolute Gasteiger partial charge is 0.178 e. The first-order valence-corrected chi connectivity index (χ1v) is 6.97. The van der Waals surface area contributed by atoms with Gasteiger partial charge in [-0.3, -0.25) is 0 Å². The van der Waals surface area contributed by atoms with Crippen molar-refractivity contribution in [3.63, 3.8) is 0 Å². The number of hydrogen-bond donors (Lipinski definition) is 1. The summed E-state index contributed by atoms with van der Waals surface area (Å²) in [5.41, 5.74) is 3.97. The maximum atomic E-state index is 9.02. The molecule has 0 aliphatic carbocycles. The first-order chi connectivity index (χ1) is 10.8. The fourth-order valence-corrected chi connectivity index (χ4v) is 2.17. The molecule has 0 aliphatic rings. The Balaban J connectivity index is 2.19. The van der Waals surface area contributed by atoms with Gasteiger partial charge in [0.1, 0.15) is 5.71 Å². The molecule has 0 saturated carbocycles. The molecule has 0 atom stereocenters. The van der Waals surface area contributed by atoms with Gasteiger partial charge in [0.15, 0.2) is 5.82 Å². The van der Waals surface area contributed by atoms with E-state index in [9.17, 15) is 0 Å². The zero-order valence-corrected chi connectivity index (χ0v) is 12.1. The van der Waals surface area contributed by atoms with Crippen LogP contribution < -0.4 is 0 Å². The minimum absolute atomic E-state index is 0.384. The third-order valence-electron chi connectivity index (χ3n) is 3.34. The second-order valence-electron chi connectivity index (χ2n) is 4.88. The molecule has 2 aromatic carbocycles. The summed E-state index contributed by atoms with van der Waals surface area (Å²) in [5, 5.41) is 12.2. The minimum atomic E-state index is 0.384. The molecule has 0 unspecified atom stereocenters. The third kappa shape index (κ3) is 2.86. The molecule has 0 amide bonds. The van der Waals surface area contributed by atoms with Gasteiger partial charge in [0, 0.05) is 11.1 Å². The lowest BCUT2D eigenvalue weighted by molar-refractivity contribution is 0.318. The van der Waals surface area contributed by atoms with Crippen molar-refractivity contribution in [1.29, 1.82) is 0 Å². The van der Waals surface area contributed by atoms with Crippen LogP contribution in [0.25, 0.3) is 22.5 Å². The van der Waals surface area contributed by atoms with Gasteiger partial charge < -0.3 is 5.21 Å². The summed E-state index contributed by atoms with van der Waals surface area (Å²) in [5.74, 6) is 0.419. The topological polar surface area (TPSA) is 58.4 Å². The van der Waals surface area contributed by atoms with Gasteiger partial charge in [0.05, 0.1) is 11.4 Å². The van der Waals surface area contributed by atoms with E-state index in [-0.39, 0.29) is 0 Å². The van der Waals surface area contributed by atoms with Crippen LogP contribution in [-0.4, -0.2) is 20.9 Å². The molecule has 4 heteroatoms. The Kier molecular flexibility index (Phi) is 3.92. The van der Waals surface area contributed by atoms with E-state index in [1.165, 1.54) is 0 Å². The molecular weight excluding hydrogens is 274 g/mol. The lowest BCUT2D eigenvalue weighted by Gasteiger charge is -2.08. The van der Waals surface area contributed by atoms with Crippen molar-refractivity contribution in [2.24, 2.45) is 5.16 Å². The van der Waals surface area contributed by atoms with E-state index in [1.54, 1.807) is 6.92 Å². The molecule has 1 aromatic heterocycles. The van der Waals surface area contributed by atoms with Crippen LogP contribution in [0.2, 0.25) is 0 Å². The number of benzene rings is 2. The number of nitrogens with zero attached hydrogens (tertiary/aromatic N) is 3. The van der Waals surface area contributed by atoms with Crippen LogP contribution in [0, 0.1) is 0 Å². The molecule has 1 heterocycles. The summed E-state index contributed by atoms with van der Waals surface area (Å²) in [7, 11) is 0. The van der Waals surface area contributed by atoms with Crippen LogP contribution in [0.3, 0.4) is 0 Å². The van der Waals surface area contributed by atoms with Crippen LogP contribution >= 0.6 is 0 Å². The quantitative estimate of drug-likeness (QED) is 0.450. The standard InChI is InChI=1S/C18H15N3O/c1-13(21-22)18-19-16(14-8-4-2-5-9-14)12-17(20-18)15-10-6-3-7-11-15/h2-12,22H,1H3/b21-13+. The van der Waals surface area contributed by atoms with Gasteiger partial charge in [-0.1, -0.05) is 65.8 Å². The second kappa shape index (κ2) is 6.18. The molecular formula is C18H15N3O. The first kappa shape index (κ1) is 13.9. The maximum absolute atomic E-state index is 9.02. The van der Waals surface area contributed by atoms with Gasteiger partial charge >= 0.3 is 0 Å². The average molecular weight is 289 g/mol. The second-order valence-corrected chi connectivity index (χ2v) is 4.88. The Hall–Kier alpha value is -3.01. The van der Waals surface area contributed by atoms with Crippen molar-refractivity contribution in [2.45, 2.75) is 6.92 Å². The molecule has 0 saturated heterocycles. The van der Waals surface area contributed by atoms with E-state index in [2.05, 4.69) is 15.1 Å². The Bertz CT molecular complexity index is 741. The molecule has 3 aromatic rings. The number of hydrogen-bond acceptors (Lipinski definition) is 4. The summed E-state index contributed by atoms with van der Waals surface area (Å²) >= 11 is 0. The third-order valence-corrected chi connectivity index (χ3v) is 3.34. The predicted octanol–water partition coefficient (Wildman–Crippen LogP) is 4.01. The van der Waals surface area contributed by atoms with Crippen LogP contribution in [0.5, 0.6) is 0 Å². The van der Waals surface area contributed by atoms with Gasteiger partial charge in [-0.2, -0.15) is 0 Å². The van der Waals surface area contributed by atoms with Crippen molar-refractivity contribution in [3.05, 3.63) is 72.6 Å². The summed E-state index contributed by atoms with van der Waals surface area (Å²) in [6.45, 7) is 1.68. The number of aromatic nitrogens is 2. The van der Waals surface area contributed by atoms with E-state index in [0.717, 1.165) is 22.5 Å². The van der Waals surface area contributed by atoms with E-state index in [1.807, 2.05) is 66.7 Å². The van der Waals surface area contributed by atoms with Crippen molar-refractivity contribution < 1.29 is 5.21 Å². The zero-order valence-electron chi connectivity index (χ0n) is 12.1. The molecule has 1 N–H and O–H groups in total. The highest BCUT2D eigenvalue weighted by Gasteiger charge is 2.10. The Morgan fingerprint density at radius 1 is 0.818 bits per heavy atom. The molecule has 0 bridgehead atoms. The summed E-state index contributed by atoms with van der Waals surface area (Å²) in [6, 6.07) is 21.7. The maximum Gasteiger partial charge on any atom is 0.178 e. The molecule has 0 radical (unpaired) electrons. The van der Waals surface area contributed by atoms with Gasteiger partial charge in [-0.25, -0.2) is 9.97 Å². The molecule has 0 aliphatic heterocycles. The SMILES string of the molecule is C/C(=N\O)c1nc(-c2ccccc2)cc(-c2ccccc2)n1. The van der Waals surface area contributed by atoms with E-state index in [0.29, 0.717) is 11.5 Å². The molecule has 108 valence electrons. The van der Waals surface area contributed by atoms with Crippen LogP contribution in [0.4, 0.5) is 0 Å². The molecule has 0 spiro atoms. The molecule has 3 rings (SSSR count). The van der Waals surface area contributed by atoms with Crippen molar-refractivity contribution in [1.82, 2.24) is 9.97 Å². The largest absolute Gasteiger partial charge is 0.411 e. The average Bonchev–Trinajstić information content (AvgIpc) is 2.62. The Labute approximate surface area is 128 Å². The van der Waals surface area contributed by atoms with Crippen LogP contribution in [-0.2, 0) is 0 Å². The highest BCUT2D eigenvalue weighted by Crippen LogP contribution is 2.23. The van der Waals surface area contributed by atoms with Gasteiger partial charge in [-0.15, -0.1) is 0 Å². The summed E-state index contributed by atoms with van der Waals surface area (Å²) in [6.07, 6.45) is 0. The van der Waals surface area contributed by atoms with Gasteiger partial charge in [0.25, 0.3) is 0 Å². The Morgan fingerprint density at radius 3 is 1.68 bits per heavy atom. The molecule has 4 nitrogen and oxygen atoms in total. The van der Waals surface area contributed by atoms with Crippen LogP contribution in [0.1, 0.15) is 12.7 Å². The minimum Gasteiger partial charge on any atom is -0.411 e. The summed E-state index contributed by atoms with van der Waals surface area (Å²) in [4.78, 5) is 9.00. The first-order valence-electron chi connectivity index (χ1n) is 6.97. The van der Waals surface area contributed by atoms with E-state index >= 15 is 0 Å². The fraction of sp³-hybridized carbons (Fsp3) is 0.0556. The summed E-state index contributed by atoms with van der Waals surface area (Å²) < 4.78 is 0. The van der Waals surface area contributed by atoms with Gasteiger partial charge in [-0.05, 0) is 13.0 Å². The number of oxime groups is 1. The van der Waals surface area contributed by atoms with Gasteiger partial charge in [0.2, 0.25) is 0 Å². The molecule has 0 fully saturated rings. The lowest BCUT2D eigenvalue weighted by atomic mass is 10.1. The lowest BCUT2D eigenvalue weighted by Crippen LogP contribution is -2.05. The fourth-order valence-electron chi connectivity index (χ4n) is 2.17. The van der Waals surface area contributed by atoms with Crippen molar-refractivity contribution in [2.75, 3.05) is 0 Å². The highest BCUT2D eigenvalue weighted by molar-refractivity contribution is 5.95. The number of rotatable bonds is 3. The predicted molar refractivity (Wildman–Crippen MR) is 86.9 cm³/mol. The van der Waals surface area contributed by atoms with Crippen molar-refractivity contribution >= 4 is 5.71 Å². The highest BCUT2D eigenvalue weighted by atomic mass is 16.4. The Morgan fingerprint density at radius 2 is 1.27 bits per heavy atom. The zero-order chi connectivity index (χ0) is 15.4.